The maximum atomic E-state index is 11.2. The molecular formula is C17H21N4O2+. The Bertz CT molecular complexity index is 724. The van der Waals surface area contributed by atoms with Crippen LogP contribution < -0.4 is 14.8 Å². The molecule has 6 nitrogen and oxygen atoms in total. The molecule has 1 fully saturated rings. The van der Waals surface area contributed by atoms with E-state index in [4.69, 9.17) is 0 Å². The minimum atomic E-state index is -0.330. The van der Waals surface area contributed by atoms with E-state index >= 15 is 0 Å². The smallest absolute Gasteiger partial charge is 0.357 e. The number of hydrogen-bond acceptors (Lipinski definition) is 4. The lowest BCUT2D eigenvalue weighted by Crippen LogP contribution is -2.48. The number of pyridine rings is 1. The fourth-order valence-electron chi connectivity index (χ4n) is 3.07. The number of rotatable bonds is 3. The van der Waals surface area contributed by atoms with Crippen LogP contribution in [-0.4, -0.2) is 31.1 Å². The van der Waals surface area contributed by atoms with Crippen molar-refractivity contribution in [2.75, 3.05) is 36.0 Å². The zero-order chi connectivity index (χ0) is 16.4. The van der Waals surface area contributed by atoms with Crippen LogP contribution in [0.2, 0.25) is 0 Å². The van der Waals surface area contributed by atoms with E-state index in [1.165, 1.54) is 16.8 Å². The molecule has 23 heavy (non-hydrogen) atoms. The Morgan fingerprint density at radius 2 is 1.74 bits per heavy atom. The highest BCUT2D eigenvalue weighted by atomic mass is 16.6. The molecule has 0 spiro atoms. The molecule has 1 aliphatic rings. The van der Waals surface area contributed by atoms with Crippen molar-refractivity contribution < 1.29 is 9.91 Å². The number of piperazine rings is 1. The van der Waals surface area contributed by atoms with E-state index in [-0.39, 0.29) is 10.6 Å². The number of nitrogens with zero attached hydrogens (tertiary/aromatic N) is 3. The molecule has 2 aromatic rings. The summed E-state index contributed by atoms with van der Waals surface area (Å²) in [6.45, 7) is 7.49. The van der Waals surface area contributed by atoms with Gasteiger partial charge in [0.25, 0.3) is 0 Å². The summed E-state index contributed by atoms with van der Waals surface area (Å²) in [6.07, 6.45) is 1.74. The molecule has 0 aliphatic carbocycles. The van der Waals surface area contributed by atoms with E-state index in [1.54, 1.807) is 18.3 Å². The van der Waals surface area contributed by atoms with Crippen LogP contribution >= 0.6 is 0 Å². The van der Waals surface area contributed by atoms with Crippen LogP contribution in [0.15, 0.2) is 36.5 Å². The van der Waals surface area contributed by atoms with Crippen LogP contribution in [0.4, 0.5) is 17.2 Å². The van der Waals surface area contributed by atoms with Crippen LogP contribution in [0.25, 0.3) is 0 Å². The fourth-order valence-corrected chi connectivity index (χ4v) is 3.07. The van der Waals surface area contributed by atoms with E-state index in [2.05, 4.69) is 46.8 Å². The molecule has 0 atom stereocenters. The number of anilines is 2. The SMILES string of the molecule is Cc1cccc(N2CCN(c3[nH+]cccc3[N+](=O)[O-])CC2)c1C. The Balaban J connectivity index is 1.77. The maximum Gasteiger partial charge on any atom is 0.357 e. The lowest BCUT2D eigenvalue weighted by molar-refractivity contribution is -0.411. The van der Waals surface area contributed by atoms with Crippen LogP contribution in [-0.2, 0) is 0 Å². The fraction of sp³-hybridized carbons (Fsp3) is 0.353. The van der Waals surface area contributed by atoms with Crippen molar-refractivity contribution in [3.8, 4) is 0 Å². The van der Waals surface area contributed by atoms with Crippen LogP contribution in [0.5, 0.6) is 0 Å². The predicted molar refractivity (Wildman–Crippen MR) is 90.0 cm³/mol. The van der Waals surface area contributed by atoms with Gasteiger partial charge in [-0.2, -0.15) is 0 Å². The molecule has 120 valence electrons. The molecular weight excluding hydrogens is 292 g/mol. The molecule has 0 bridgehead atoms. The number of nitrogens with one attached hydrogen (secondary N) is 1. The Morgan fingerprint density at radius 1 is 1.04 bits per heavy atom. The van der Waals surface area contributed by atoms with Gasteiger partial charge in [-0.1, -0.05) is 12.1 Å². The summed E-state index contributed by atoms with van der Waals surface area (Å²) in [5.41, 5.74) is 3.99. The molecule has 1 aromatic heterocycles. The van der Waals surface area contributed by atoms with E-state index in [9.17, 15) is 10.1 Å². The van der Waals surface area contributed by atoms with Gasteiger partial charge >= 0.3 is 11.5 Å². The van der Waals surface area contributed by atoms with Crippen LogP contribution in [0, 0.1) is 24.0 Å². The third kappa shape index (κ3) is 2.97. The Hall–Kier alpha value is -2.63. The van der Waals surface area contributed by atoms with Gasteiger partial charge < -0.3 is 4.90 Å². The molecule has 0 radical (unpaired) electrons. The van der Waals surface area contributed by atoms with Gasteiger partial charge in [0.05, 0.1) is 24.2 Å². The Morgan fingerprint density at radius 3 is 2.43 bits per heavy atom. The first-order valence-corrected chi connectivity index (χ1v) is 7.79. The third-order valence-corrected chi connectivity index (χ3v) is 4.52. The summed E-state index contributed by atoms with van der Waals surface area (Å²) in [4.78, 5) is 18.3. The van der Waals surface area contributed by atoms with Crippen LogP contribution in [0.1, 0.15) is 11.1 Å². The first-order chi connectivity index (χ1) is 11.1. The number of aryl methyl sites for hydroxylation is 1. The topological polar surface area (TPSA) is 63.8 Å². The van der Waals surface area contributed by atoms with Gasteiger partial charge in [0.15, 0.2) is 0 Å². The van der Waals surface area contributed by atoms with Gasteiger partial charge in [-0.3, -0.25) is 15.0 Å². The molecule has 1 aliphatic heterocycles. The summed E-state index contributed by atoms with van der Waals surface area (Å²) >= 11 is 0. The summed E-state index contributed by atoms with van der Waals surface area (Å²) in [6, 6.07) is 9.56. The van der Waals surface area contributed by atoms with E-state index in [0.29, 0.717) is 5.82 Å². The molecule has 1 N–H and O–H groups in total. The van der Waals surface area contributed by atoms with Crippen LogP contribution in [0.3, 0.4) is 0 Å². The van der Waals surface area contributed by atoms with Gasteiger partial charge in [-0.05, 0) is 37.1 Å². The quantitative estimate of drug-likeness (QED) is 0.644. The van der Waals surface area contributed by atoms with Crippen molar-refractivity contribution in [3.63, 3.8) is 0 Å². The van der Waals surface area contributed by atoms with Crippen molar-refractivity contribution in [2.45, 2.75) is 13.8 Å². The summed E-state index contributed by atoms with van der Waals surface area (Å²) in [5.74, 6) is 0.595. The maximum absolute atomic E-state index is 11.2. The van der Waals surface area contributed by atoms with Gasteiger partial charge in [0, 0.05) is 11.8 Å². The number of nitro groups is 1. The van der Waals surface area contributed by atoms with Crippen molar-refractivity contribution in [2.24, 2.45) is 0 Å². The minimum Gasteiger partial charge on any atom is -0.363 e. The highest BCUT2D eigenvalue weighted by Gasteiger charge is 2.31. The number of benzene rings is 1. The van der Waals surface area contributed by atoms with Gasteiger partial charge in [-0.25, -0.2) is 4.98 Å². The second kappa shape index (κ2) is 6.24. The zero-order valence-corrected chi connectivity index (χ0v) is 13.5. The average Bonchev–Trinajstić information content (AvgIpc) is 2.57. The van der Waals surface area contributed by atoms with Crippen molar-refractivity contribution >= 4 is 17.2 Å². The van der Waals surface area contributed by atoms with Gasteiger partial charge in [-0.15, -0.1) is 0 Å². The highest BCUT2D eigenvalue weighted by molar-refractivity contribution is 5.58. The first kappa shape index (κ1) is 15.3. The number of aromatic nitrogens is 1. The summed E-state index contributed by atoms with van der Waals surface area (Å²) in [7, 11) is 0. The molecule has 6 heteroatoms. The molecule has 0 unspecified atom stereocenters. The monoisotopic (exact) mass is 313 g/mol. The number of hydrogen-bond donors (Lipinski definition) is 0. The largest absolute Gasteiger partial charge is 0.363 e. The summed E-state index contributed by atoms with van der Waals surface area (Å²) < 4.78 is 0. The average molecular weight is 313 g/mol. The second-order valence-electron chi connectivity index (χ2n) is 5.85. The van der Waals surface area contributed by atoms with Gasteiger partial charge in [0.1, 0.15) is 13.1 Å². The second-order valence-corrected chi connectivity index (χ2v) is 5.85. The Labute approximate surface area is 135 Å². The van der Waals surface area contributed by atoms with Crippen molar-refractivity contribution in [1.29, 1.82) is 0 Å². The molecule has 1 aromatic carbocycles. The number of H-pyrrole nitrogens is 1. The summed E-state index contributed by atoms with van der Waals surface area (Å²) in [5, 5.41) is 11.2. The Kier molecular flexibility index (Phi) is 4.14. The number of aromatic amines is 1. The van der Waals surface area contributed by atoms with E-state index in [1.807, 2.05) is 0 Å². The minimum absolute atomic E-state index is 0.132. The predicted octanol–water partition coefficient (Wildman–Crippen LogP) is 2.35. The molecule has 0 amide bonds. The van der Waals surface area contributed by atoms with E-state index < -0.39 is 0 Å². The highest BCUT2D eigenvalue weighted by Crippen LogP contribution is 2.27. The molecule has 2 heterocycles. The van der Waals surface area contributed by atoms with E-state index in [0.717, 1.165) is 26.2 Å². The zero-order valence-electron chi connectivity index (χ0n) is 13.5. The molecule has 3 rings (SSSR count). The molecule has 0 saturated carbocycles. The first-order valence-electron chi connectivity index (χ1n) is 7.79. The van der Waals surface area contributed by atoms with Crippen molar-refractivity contribution in [3.05, 3.63) is 57.8 Å². The lowest BCUT2D eigenvalue weighted by Gasteiger charge is -2.33. The standard InChI is InChI=1S/C17H20N4O2/c1-13-5-3-6-15(14(13)2)19-9-11-20(12-10-19)17-16(21(22)23)7-4-8-18-17/h3-8H,9-12H2,1-2H3/p+1. The third-order valence-electron chi connectivity index (χ3n) is 4.52. The lowest BCUT2D eigenvalue weighted by atomic mass is 10.1. The van der Waals surface area contributed by atoms with Gasteiger partial charge in [0.2, 0.25) is 0 Å². The normalized spacial score (nSPS) is 14.9. The van der Waals surface area contributed by atoms with Crippen molar-refractivity contribution in [1.82, 2.24) is 0 Å². The molecule has 1 saturated heterocycles.